The fourth-order valence-corrected chi connectivity index (χ4v) is 3.10. The molecule has 1 heterocycles. The van der Waals surface area contributed by atoms with Crippen molar-refractivity contribution in [2.75, 3.05) is 13.1 Å². The lowest BCUT2D eigenvalue weighted by molar-refractivity contribution is -0.125. The largest absolute Gasteiger partial charge is 0.354 e. The third-order valence-corrected chi connectivity index (χ3v) is 4.13. The Balaban J connectivity index is 2.24. The van der Waals surface area contributed by atoms with Crippen LogP contribution >= 0.6 is 0 Å². The number of benzene rings is 1. The summed E-state index contributed by atoms with van der Waals surface area (Å²) >= 11 is 0. The fourth-order valence-electron chi connectivity index (χ4n) is 3.10. The van der Waals surface area contributed by atoms with Crippen LogP contribution in [0.15, 0.2) is 24.3 Å². The van der Waals surface area contributed by atoms with Crippen LogP contribution in [0.4, 0.5) is 9.18 Å². The molecule has 1 fully saturated rings. The standard InChI is InChI=1S/C19H28FN3O2/c1-12(2)21-17(24)16-11-23(18(25)22-19(3,4)5)10-15(16)13-7-6-8-14(20)9-13/h6-9,12,15-16H,10-11H2,1-5H3,(H,21,24)(H,22,25). The van der Waals surface area contributed by atoms with E-state index in [9.17, 15) is 14.0 Å². The zero-order valence-electron chi connectivity index (χ0n) is 15.6. The summed E-state index contributed by atoms with van der Waals surface area (Å²) < 4.78 is 13.6. The van der Waals surface area contributed by atoms with Crippen LogP contribution in [0.2, 0.25) is 0 Å². The van der Waals surface area contributed by atoms with E-state index in [-0.39, 0.29) is 35.3 Å². The molecule has 1 aromatic rings. The number of amides is 3. The molecule has 1 aliphatic heterocycles. The van der Waals surface area contributed by atoms with E-state index in [1.807, 2.05) is 40.7 Å². The SMILES string of the molecule is CC(C)NC(=O)C1CN(C(=O)NC(C)(C)C)CC1c1cccc(F)c1. The minimum absolute atomic E-state index is 0.0121. The number of carbonyl (C=O) groups excluding carboxylic acids is 2. The summed E-state index contributed by atoms with van der Waals surface area (Å²) in [7, 11) is 0. The molecule has 1 aromatic carbocycles. The van der Waals surface area contributed by atoms with Gasteiger partial charge in [0.05, 0.1) is 5.92 Å². The van der Waals surface area contributed by atoms with Gasteiger partial charge in [-0.3, -0.25) is 4.79 Å². The Kier molecular flexibility index (Phi) is 5.70. The molecule has 6 heteroatoms. The van der Waals surface area contributed by atoms with Crippen molar-refractivity contribution < 1.29 is 14.0 Å². The summed E-state index contributed by atoms with van der Waals surface area (Å²) in [6, 6.07) is 6.10. The first-order chi connectivity index (χ1) is 11.6. The van der Waals surface area contributed by atoms with Gasteiger partial charge in [0.15, 0.2) is 0 Å². The Hall–Kier alpha value is -2.11. The number of urea groups is 1. The Morgan fingerprint density at radius 3 is 2.48 bits per heavy atom. The number of halogens is 1. The highest BCUT2D eigenvalue weighted by atomic mass is 19.1. The Morgan fingerprint density at radius 1 is 1.24 bits per heavy atom. The van der Waals surface area contributed by atoms with Gasteiger partial charge in [0.25, 0.3) is 0 Å². The van der Waals surface area contributed by atoms with Crippen molar-refractivity contribution in [3.63, 3.8) is 0 Å². The minimum Gasteiger partial charge on any atom is -0.354 e. The average molecular weight is 349 g/mol. The highest BCUT2D eigenvalue weighted by molar-refractivity contribution is 5.83. The Labute approximate surface area is 149 Å². The second kappa shape index (κ2) is 7.42. The number of nitrogens with one attached hydrogen (secondary N) is 2. The zero-order valence-corrected chi connectivity index (χ0v) is 15.6. The molecule has 0 saturated carbocycles. The maximum absolute atomic E-state index is 13.6. The van der Waals surface area contributed by atoms with E-state index in [4.69, 9.17) is 0 Å². The van der Waals surface area contributed by atoms with Crippen LogP contribution in [-0.2, 0) is 4.79 Å². The van der Waals surface area contributed by atoms with Crippen molar-refractivity contribution in [1.82, 2.24) is 15.5 Å². The molecule has 1 saturated heterocycles. The lowest BCUT2D eigenvalue weighted by Gasteiger charge is -2.25. The Morgan fingerprint density at radius 2 is 1.92 bits per heavy atom. The molecule has 0 radical (unpaired) electrons. The highest BCUT2D eigenvalue weighted by Gasteiger charge is 2.41. The van der Waals surface area contributed by atoms with Gasteiger partial charge in [-0.15, -0.1) is 0 Å². The first kappa shape index (κ1) is 19.2. The number of hydrogen-bond donors (Lipinski definition) is 2. The van der Waals surface area contributed by atoms with Crippen molar-refractivity contribution in [3.8, 4) is 0 Å². The molecular weight excluding hydrogens is 321 g/mol. The van der Waals surface area contributed by atoms with Crippen LogP contribution < -0.4 is 10.6 Å². The van der Waals surface area contributed by atoms with E-state index in [1.54, 1.807) is 11.0 Å². The first-order valence-corrected chi connectivity index (χ1v) is 8.70. The molecule has 2 rings (SSSR count). The second-order valence-electron chi connectivity index (χ2n) is 8.02. The molecule has 0 aromatic heterocycles. The summed E-state index contributed by atoms with van der Waals surface area (Å²) in [6.45, 7) is 10.2. The van der Waals surface area contributed by atoms with Gasteiger partial charge >= 0.3 is 6.03 Å². The molecular formula is C19H28FN3O2. The van der Waals surface area contributed by atoms with Gasteiger partial charge in [-0.2, -0.15) is 0 Å². The van der Waals surface area contributed by atoms with Gasteiger partial charge in [-0.05, 0) is 52.3 Å². The lowest BCUT2D eigenvalue weighted by atomic mass is 9.88. The molecule has 5 nitrogen and oxygen atoms in total. The molecule has 25 heavy (non-hydrogen) atoms. The third-order valence-electron chi connectivity index (χ3n) is 4.13. The first-order valence-electron chi connectivity index (χ1n) is 8.70. The predicted molar refractivity (Wildman–Crippen MR) is 95.8 cm³/mol. The van der Waals surface area contributed by atoms with Crippen LogP contribution in [0.5, 0.6) is 0 Å². The fraction of sp³-hybridized carbons (Fsp3) is 0.579. The molecule has 138 valence electrons. The molecule has 3 amide bonds. The minimum atomic E-state index is -0.394. The van der Waals surface area contributed by atoms with Crippen molar-refractivity contribution >= 4 is 11.9 Å². The predicted octanol–water partition coefficient (Wildman–Crippen LogP) is 2.87. The van der Waals surface area contributed by atoms with Crippen molar-refractivity contribution in [2.45, 2.75) is 52.1 Å². The van der Waals surface area contributed by atoms with Gasteiger partial charge in [0.2, 0.25) is 5.91 Å². The van der Waals surface area contributed by atoms with E-state index in [1.165, 1.54) is 12.1 Å². The average Bonchev–Trinajstić information content (AvgIpc) is 2.90. The molecule has 1 aliphatic rings. The quantitative estimate of drug-likeness (QED) is 0.881. The van der Waals surface area contributed by atoms with E-state index < -0.39 is 5.92 Å². The van der Waals surface area contributed by atoms with Gasteiger partial charge < -0.3 is 15.5 Å². The Bertz CT molecular complexity index is 640. The molecule has 2 atom stereocenters. The topological polar surface area (TPSA) is 61.4 Å². The molecule has 2 N–H and O–H groups in total. The summed E-state index contributed by atoms with van der Waals surface area (Å²) in [5, 5.41) is 5.84. The summed E-state index contributed by atoms with van der Waals surface area (Å²) in [6.07, 6.45) is 0. The second-order valence-corrected chi connectivity index (χ2v) is 8.02. The van der Waals surface area contributed by atoms with Gasteiger partial charge in [-0.1, -0.05) is 12.1 Å². The van der Waals surface area contributed by atoms with Gasteiger partial charge in [-0.25, -0.2) is 9.18 Å². The normalized spacial score (nSPS) is 20.7. The summed E-state index contributed by atoms with van der Waals surface area (Å²) in [5.74, 6) is -1.05. The number of hydrogen-bond acceptors (Lipinski definition) is 2. The van der Waals surface area contributed by atoms with Crippen LogP contribution in [0.1, 0.15) is 46.1 Å². The van der Waals surface area contributed by atoms with Crippen molar-refractivity contribution in [2.24, 2.45) is 5.92 Å². The zero-order chi connectivity index (χ0) is 18.8. The number of rotatable bonds is 3. The number of nitrogens with zero attached hydrogens (tertiary/aromatic N) is 1. The number of likely N-dealkylation sites (tertiary alicyclic amines) is 1. The molecule has 0 bridgehead atoms. The monoisotopic (exact) mass is 349 g/mol. The van der Waals surface area contributed by atoms with E-state index >= 15 is 0 Å². The van der Waals surface area contributed by atoms with E-state index in [0.717, 1.165) is 5.56 Å². The number of carbonyl (C=O) groups is 2. The lowest BCUT2D eigenvalue weighted by Crippen LogP contribution is -2.48. The van der Waals surface area contributed by atoms with E-state index in [0.29, 0.717) is 13.1 Å². The summed E-state index contributed by atoms with van der Waals surface area (Å²) in [5.41, 5.74) is 0.388. The van der Waals surface area contributed by atoms with E-state index in [2.05, 4.69) is 10.6 Å². The van der Waals surface area contributed by atoms with Gasteiger partial charge in [0.1, 0.15) is 5.82 Å². The van der Waals surface area contributed by atoms with Crippen LogP contribution in [0.25, 0.3) is 0 Å². The smallest absolute Gasteiger partial charge is 0.317 e. The maximum atomic E-state index is 13.6. The molecule has 0 aliphatic carbocycles. The van der Waals surface area contributed by atoms with Crippen molar-refractivity contribution in [1.29, 1.82) is 0 Å². The molecule has 2 unspecified atom stereocenters. The van der Waals surface area contributed by atoms with Crippen LogP contribution in [0, 0.1) is 11.7 Å². The van der Waals surface area contributed by atoms with Crippen molar-refractivity contribution in [3.05, 3.63) is 35.6 Å². The van der Waals surface area contributed by atoms with Crippen LogP contribution in [0.3, 0.4) is 0 Å². The molecule has 0 spiro atoms. The maximum Gasteiger partial charge on any atom is 0.317 e. The van der Waals surface area contributed by atoms with Gasteiger partial charge in [0, 0.05) is 30.6 Å². The summed E-state index contributed by atoms with van der Waals surface area (Å²) in [4.78, 5) is 26.8. The van der Waals surface area contributed by atoms with Crippen LogP contribution in [-0.4, -0.2) is 41.5 Å². The highest BCUT2D eigenvalue weighted by Crippen LogP contribution is 2.33. The third kappa shape index (κ3) is 5.18.